The number of para-hydroxylation sites is 1. The summed E-state index contributed by atoms with van der Waals surface area (Å²) < 4.78 is 0. The Bertz CT molecular complexity index is 3190. The van der Waals surface area contributed by atoms with Crippen molar-refractivity contribution in [3.8, 4) is 45.2 Å². The fourth-order valence-corrected chi connectivity index (χ4v) is 8.12. The van der Waals surface area contributed by atoms with E-state index < -0.39 is 0 Å². The van der Waals surface area contributed by atoms with E-state index in [2.05, 4.69) is 188 Å². The fraction of sp³-hybridized carbons (Fsp3) is 0. The van der Waals surface area contributed by atoms with Gasteiger partial charge in [0.25, 0.3) is 0 Å². The first-order valence-electron chi connectivity index (χ1n) is 18.3. The van der Waals surface area contributed by atoms with Crippen LogP contribution in [-0.4, -0.2) is 15.0 Å². The van der Waals surface area contributed by atoms with E-state index in [9.17, 15) is 0 Å². The molecule has 0 saturated carbocycles. The van der Waals surface area contributed by atoms with Crippen molar-refractivity contribution in [3.63, 3.8) is 0 Å². The van der Waals surface area contributed by atoms with E-state index in [-0.39, 0.29) is 0 Å². The molecule has 0 aliphatic rings. The van der Waals surface area contributed by atoms with Gasteiger partial charge in [-0.15, -0.1) is 0 Å². The highest BCUT2D eigenvalue weighted by molar-refractivity contribution is 6.25. The van der Waals surface area contributed by atoms with Gasteiger partial charge in [-0.2, -0.15) is 0 Å². The summed E-state index contributed by atoms with van der Waals surface area (Å²) in [5.41, 5.74) is 7.83. The summed E-state index contributed by atoms with van der Waals surface area (Å²) in [7, 11) is 0. The van der Waals surface area contributed by atoms with Crippen molar-refractivity contribution in [2.24, 2.45) is 0 Å². The van der Waals surface area contributed by atoms with Crippen LogP contribution in [-0.2, 0) is 0 Å². The summed E-state index contributed by atoms with van der Waals surface area (Å²) in [6.45, 7) is 0. The third-order valence-corrected chi connectivity index (χ3v) is 10.8. The molecule has 3 nitrogen and oxygen atoms in total. The molecule has 250 valence electrons. The van der Waals surface area contributed by atoms with Crippen LogP contribution in [0.25, 0.3) is 110 Å². The lowest BCUT2D eigenvalue weighted by atomic mass is 9.91. The average Bonchev–Trinajstić information content (AvgIpc) is 3.25. The van der Waals surface area contributed by atoms with Crippen LogP contribution in [0.15, 0.2) is 188 Å². The van der Waals surface area contributed by atoms with E-state index in [1.165, 1.54) is 37.7 Å². The quantitative estimate of drug-likeness (QED) is 0.173. The van der Waals surface area contributed by atoms with Gasteiger partial charge >= 0.3 is 0 Å². The highest BCUT2D eigenvalue weighted by Crippen LogP contribution is 2.42. The molecule has 0 aliphatic carbocycles. The molecule has 2 heterocycles. The summed E-state index contributed by atoms with van der Waals surface area (Å²) in [5, 5.41) is 12.8. The van der Waals surface area contributed by atoms with Crippen LogP contribution in [0.5, 0.6) is 0 Å². The van der Waals surface area contributed by atoms with Crippen LogP contribution in [0.2, 0.25) is 0 Å². The van der Waals surface area contributed by atoms with Crippen molar-refractivity contribution in [2.75, 3.05) is 0 Å². The van der Waals surface area contributed by atoms with Crippen molar-refractivity contribution in [1.29, 1.82) is 0 Å². The maximum atomic E-state index is 5.40. The largest absolute Gasteiger partial charge is 0.247 e. The lowest BCUT2D eigenvalue weighted by molar-refractivity contribution is 1.19. The van der Waals surface area contributed by atoms with E-state index in [1.807, 2.05) is 0 Å². The van der Waals surface area contributed by atoms with Crippen LogP contribution in [0.4, 0.5) is 0 Å². The lowest BCUT2D eigenvalue weighted by Gasteiger charge is -2.17. The summed E-state index contributed by atoms with van der Waals surface area (Å²) >= 11 is 0. The first-order chi connectivity index (χ1) is 26.7. The van der Waals surface area contributed by atoms with E-state index in [1.54, 1.807) is 0 Å². The van der Waals surface area contributed by atoms with Gasteiger partial charge in [0.15, 0.2) is 5.82 Å². The summed E-state index contributed by atoms with van der Waals surface area (Å²) in [6, 6.07) is 66.9. The molecule has 2 aromatic heterocycles. The second kappa shape index (κ2) is 12.2. The second-order valence-corrected chi connectivity index (χ2v) is 14.0. The Hall–Kier alpha value is -7.23. The predicted molar refractivity (Wildman–Crippen MR) is 227 cm³/mol. The lowest BCUT2D eigenvalue weighted by Crippen LogP contribution is -1.98. The number of hydrogen-bond donors (Lipinski definition) is 0. The van der Waals surface area contributed by atoms with E-state index in [0.717, 1.165) is 66.4 Å². The zero-order valence-electron chi connectivity index (χ0n) is 29.2. The Morgan fingerprint density at radius 1 is 0.296 bits per heavy atom. The van der Waals surface area contributed by atoms with Gasteiger partial charge in [-0.25, -0.2) is 15.0 Å². The minimum Gasteiger partial charge on any atom is -0.247 e. The van der Waals surface area contributed by atoms with Crippen LogP contribution >= 0.6 is 0 Å². The number of aromatic nitrogens is 3. The van der Waals surface area contributed by atoms with Gasteiger partial charge in [0.2, 0.25) is 0 Å². The number of benzene rings is 9. The number of nitrogens with zero attached hydrogens (tertiary/aromatic N) is 3. The summed E-state index contributed by atoms with van der Waals surface area (Å²) in [5.74, 6) is 0.680. The monoisotopic (exact) mass is 685 g/mol. The molecule has 0 fully saturated rings. The molecule has 11 rings (SSSR count). The average molecular weight is 686 g/mol. The topological polar surface area (TPSA) is 38.7 Å². The van der Waals surface area contributed by atoms with Crippen molar-refractivity contribution in [3.05, 3.63) is 188 Å². The minimum atomic E-state index is 0.680. The zero-order valence-corrected chi connectivity index (χ0v) is 29.2. The fourth-order valence-electron chi connectivity index (χ4n) is 8.12. The molecule has 0 bridgehead atoms. The molecule has 54 heavy (non-hydrogen) atoms. The molecule has 0 saturated heterocycles. The molecule has 9 aromatic carbocycles. The van der Waals surface area contributed by atoms with Gasteiger partial charge in [-0.05, 0) is 79.5 Å². The van der Waals surface area contributed by atoms with Gasteiger partial charge in [-0.1, -0.05) is 152 Å². The first kappa shape index (κ1) is 30.4. The second-order valence-electron chi connectivity index (χ2n) is 14.0. The van der Waals surface area contributed by atoms with Crippen LogP contribution in [0.1, 0.15) is 0 Å². The summed E-state index contributed by atoms with van der Waals surface area (Å²) in [4.78, 5) is 16.2. The molecule has 0 amide bonds. The van der Waals surface area contributed by atoms with Crippen molar-refractivity contribution in [1.82, 2.24) is 15.0 Å². The molecule has 0 spiro atoms. The van der Waals surface area contributed by atoms with Gasteiger partial charge < -0.3 is 0 Å². The number of fused-ring (bicyclic) bond motifs is 8. The molecular weight excluding hydrogens is 655 g/mol. The Balaban J connectivity index is 1.23. The van der Waals surface area contributed by atoms with E-state index in [0.29, 0.717) is 5.82 Å². The first-order valence-corrected chi connectivity index (χ1v) is 18.3. The number of hydrogen-bond acceptors (Lipinski definition) is 3. The Labute approximate surface area is 311 Å². The predicted octanol–water partition coefficient (Wildman–Crippen LogP) is 13.5. The molecule has 0 N–H and O–H groups in total. The Morgan fingerprint density at radius 2 is 0.759 bits per heavy atom. The number of pyridine rings is 1. The smallest absolute Gasteiger partial charge is 0.161 e. The Kier molecular flexibility index (Phi) is 6.86. The van der Waals surface area contributed by atoms with E-state index in [4.69, 9.17) is 15.0 Å². The third-order valence-electron chi connectivity index (χ3n) is 10.8. The standard InChI is InChI=1S/C51H31N3/c1-4-14-35-27-38(24-21-32(35)11-1)47-31-48(39-25-22-33-12-2-5-15-36(33)28-39)54-51(53-47)44-30-45-49(42-18-8-7-17-41(42)44)43-19-9-10-20-46(43)52-50(45)40-26-23-34-13-3-6-16-37(34)29-40/h1-31H. The van der Waals surface area contributed by atoms with Gasteiger partial charge in [0.05, 0.1) is 22.6 Å². The molecule has 3 heteroatoms. The molecule has 0 unspecified atom stereocenters. The van der Waals surface area contributed by atoms with Crippen molar-refractivity contribution >= 4 is 64.8 Å². The van der Waals surface area contributed by atoms with Crippen molar-refractivity contribution < 1.29 is 0 Å². The van der Waals surface area contributed by atoms with Gasteiger partial charge in [0.1, 0.15) is 0 Å². The van der Waals surface area contributed by atoms with Crippen LogP contribution < -0.4 is 0 Å². The highest BCUT2D eigenvalue weighted by atomic mass is 14.9. The maximum Gasteiger partial charge on any atom is 0.161 e. The molecule has 0 radical (unpaired) electrons. The molecule has 0 aliphatic heterocycles. The van der Waals surface area contributed by atoms with Crippen LogP contribution in [0.3, 0.4) is 0 Å². The van der Waals surface area contributed by atoms with Crippen LogP contribution in [0, 0.1) is 0 Å². The van der Waals surface area contributed by atoms with E-state index >= 15 is 0 Å². The Morgan fingerprint density at radius 3 is 1.35 bits per heavy atom. The third kappa shape index (κ3) is 5.02. The van der Waals surface area contributed by atoms with Gasteiger partial charge in [-0.3, -0.25) is 0 Å². The zero-order chi connectivity index (χ0) is 35.6. The van der Waals surface area contributed by atoms with Gasteiger partial charge in [0, 0.05) is 38.4 Å². The SMILES string of the molecule is c1ccc2cc(-c3cc(-c4ccc5ccccc5c4)nc(-c4cc5c(-c6ccc7ccccc7c6)nc6ccccc6c5c5ccccc45)n3)ccc2c1. The maximum absolute atomic E-state index is 5.40. The summed E-state index contributed by atoms with van der Waals surface area (Å²) in [6.07, 6.45) is 0. The number of rotatable bonds is 4. The minimum absolute atomic E-state index is 0.680. The molecule has 0 atom stereocenters. The normalized spacial score (nSPS) is 11.7. The highest BCUT2D eigenvalue weighted by Gasteiger charge is 2.19. The van der Waals surface area contributed by atoms with Crippen molar-refractivity contribution in [2.45, 2.75) is 0 Å². The molecular formula is C51H31N3. The molecule has 11 aromatic rings.